The Morgan fingerprint density at radius 1 is 1.17 bits per heavy atom. The standard InChI is InChI=1S/C14H14ClNO2/c1-9-7-11(15)5-6-12(9)16-8-10-3-2-4-13(17)14(10)18/h2-7,16-18H,8H2,1H3. The average Bonchev–Trinajstić information content (AvgIpc) is 2.33. The first-order valence-electron chi connectivity index (χ1n) is 5.58. The molecule has 0 spiro atoms. The molecule has 0 aromatic heterocycles. The van der Waals surface area contributed by atoms with Crippen LogP contribution in [0.4, 0.5) is 5.69 Å². The van der Waals surface area contributed by atoms with Crippen molar-refractivity contribution in [3.63, 3.8) is 0 Å². The first-order valence-corrected chi connectivity index (χ1v) is 5.95. The molecule has 0 bridgehead atoms. The van der Waals surface area contributed by atoms with E-state index in [1.54, 1.807) is 18.2 Å². The van der Waals surface area contributed by atoms with Crippen LogP contribution in [0, 0.1) is 6.92 Å². The van der Waals surface area contributed by atoms with Gasteiger partial charge in [0.15, 0.2) is 11.5 Å². The first kappa shape index (κ1) is 12.6. The van der Waals surface area contributed by atoms with Gasteiger partial charge in [0.2, 0.25) is 0 Å². The van der Waals surface area contributed by atoms with Gasteiger partial charge >= 0.3 is 0 Å². The average molecular weight is 264 g/mol. The third-order valence-electron chi connectivity index (χ3n) is 2.76. The van der Waals surface area contributed by atoms with Gasteiger partial charge in [0.1, 0.15) is 0 Å². The zero-order valence-electron chi connectivity index (χ0n) is 9.94. The summed E-state index contributed by atoms with van der Waals surface area (Å²) < 4.78 is 0. The summed E-state index contributed by atoms with van der Waals surface area (Å²) in [5.41, 5.74) is 2.62. The molecule has 0 amide bonds. The van der Waals surface area contributed by atoms with Crippen LogP contribution in [0.1, 0.15) is 11.1 Å². The van der Waals surface area contributed by atoms with Crippen LogP contribution in [0.2, 0.25) is 5.02 Å². The molecule has 0 radical (unpaired) electrons. The molecular weight excluding hydrogens is 250 g/mol. The van der Waals surface area contributed by atoms with Crippen molar-refractivity contribution in [3.8, 4) is 11.5 Å². The molecule has 4 heteroatoms. The van der Waals surface area contributed by atoms with Crippen LogP contribution in [0.3, 0.4) is 0 Å². The molecule has 0 aliphatic heterocycles. The molecule has 94 valence electrons. The molecule has 3 N–H and O–H groups in total. The van der Waals surface area contributed by atoms with Crippen LogP contribution in [-0.2, 0) is 6.54 Å². The number of hydrogen-bond acceptors (Lipinski definition) is 3. The number of anilines is 1. The van der Waals surface area contributed by atoms with E-state index in [9.17, 15) is 10.2 Å². The number of benzene rings is 2. The SMILES string of the molecule is Cc1cc(Cl)ccc1NCc1cccc(O)c1O. The van der Waals surface area contributed by atoms with E-state index in [1.165, 1.54) is 6.07 Å². The Hall–Kier alpha value is -1.87. The van der Waals surface area contributed by atoms with E-state index in [1.807, 2.05) is 19.1 Å². The third-order valence-corrected chi connectivity index (χ3v) is 2.99. The second-order valence-electron chi connectivity index (χ2n) is 4.10. The molecule has 0 aliphatic carbocycles. The molecule has 2 rings (SSSR count). The monoisotopic (exact) mass is 263 g/mol. The van der Waals surface area contributed by atoms with Gasteiger partial charge in [-0.1, -0.05) is 23.7 Å². The van der Waals surface area contributed by atoms with Crippen LogP contribution in [0.15, 0.2) is 36.4 Å². The largest absolute Gasteiger partial charge is 0.504 e. The number of aryl methyl sites for hydroxylation is 1. The molecule has 0 saturated heterocycles. The summed E-state index contributed by atoms with van der Waals surface area (Å²) in [6.45, 7) is 2.39. The Labute approximate surface area is 111 Å². The number of aromatic hydroxyl groups is 2. The molecule has 0 unspecified atom stereocenters. The van der Waals surface area contributed by atoms with E-state index in [0.29, 0.717) is 17.1 Å². The molecule has 0 atom stereocenters. The quantitative estimate of drug-likeness (QED) is 0.741. The highest BCUT2D eigenvalue weighted by Crippen LogP contribution is 2.29. The predicted molar refractivity (Wildman–Crippen MR) is 73.3 cm³/mol. The van der Waals surface area contributed by atoms with Crippen LogP contribution in [-0.4, -0.2) is 10.2 Å². The highest BCUT2D eigenvalue weighted by Gasteiger charge is 2.06. The van der Waals surface area contributed by atoms with Crippen molar-refractivity contribution in [2.75, 3.05) is 5.32 Å². The minimum Gasteiger partial charge on any atom is -0.504 e. The van der Waals surface area contributed by atoms with Crippen LogP contribution >= 0.6 is 11.6 Å². The van der Waals surface area contributed by atoms with Crippen molar-refractivity contribution in [2.45, 2.75) is 13.5 Å². The van der Waals surface area contributed by atoms with E-state index in [0.717, 1.165) is 11.3 Å². The molecule has 2 aromatic rings. The van der Waals surface area contributed by atoms with Gasteiger partial charge in [-0.25, -0.2) is 0 Å². The molecule has 0 aliphatic rings. The lowest BCUT2D eigenvalue weighted by molar-refractivity contribution is 0.400. The van der Waals surface area contributed by atoms with Crippen molar-refractivity contribution >= 4 is 17.3 Å². The van der Waals surface area contributed by atoms with Crippen molar-refractivity contribution in [2.24, 2.45) is 0 Å². The number of rotatable bonds is 3. The van der Waals surface area contributed by atoms with Gasteiger partial charge in [0.25, 0.3) is 0 Å². The maximum Gasteiger partial charge on any atom is 0.162 e. The van der Waals surface area contributed by atoms with Gasteiger partial charge in [-0.15, -0.1) is 0 Å². The second-order valence-corrected chi connectivity index (χ2v) is 4.53. The minimum atomic E-state index is -0.109. The zero-order valence-corrected chi connectivity index (χ0v) is 10.7. The summed E-state index contributed by atoms with van der Waals surface area (Å²) in [5, 5.41) is 23.0. The fourth-order valence-corrected chi connectivity index (χ4v) is 1.96. The number of nitrogens with one attached hydrogen (secondary N) is 1. The summed E-state index contributed by atoms with van der Waals surface area (Å²) >= 11 is 5.88. The van der Waals surface area contributed by atoms with Crippen molar-refractivity contribution in [1.29, 1.82) is 0 Å². The van der Waals surface area contributed by atoms with Gasteiger partial charge in [0.05, 0.1) is 0 Å². The zero-order chi connectivity index (χ0) is 13.1. The van der Waals surface area contributed by atoms with Crippen molar-refractivity contribution in [1.82, 2.24) is 0 Å². The third kappa shape index (κ3) is 2.68. The van der Waals surface area contributed by atoms with Crippen molar-refractivity contribution in [3.05, 3.63) is 52.5 Å². The first-order chi connectivity index (χ1) is 8.58. The van der Waals surface area contributed by atoms with Gasteiger partial charge in [-0.05, 0) is 36.8 Å². The van der Waals surface area contributed by atoms with E-state index in [-0.39, 0.29) is 11.5 Å². The van der Waals surface area contributed by atoms with Gasteiger partial charge in [-0.2, -0.15) is 0 Å². The van der Waals surface area contributed by atoms with E-state index in [4.69, 9.17) is 11.6 Å². The Kier molecular flexibility index (Phi) is 3.63. The summed E-state index contributed by atoms with van der Waals surface area (Å²) in [4.78, 5) is 0. The Morgan fingerprint density at radius 3 is 2.67 bits per heavy atom. The van der Waals surface area contributed by atoms with Crippen LogP contribution in [0.25, 0.3) is 0 Å². The highest BCUT2D eigenvalue weighted by molar-refractivity contribution is 6.30. The maximum atomic E-state index is 9.68. The summed E-state index contributed by atoms with van der Waals surface area (Å²) in [6, 6.07) is 10.5. The number of hydrogen-bond donors (Lipinski definition) is 3. The highest BCUT2D eigenvalue weighted by atomic mass is 35.5. The van der Waals surface area contributed by atoms with Crippen molar-refractivity contribution < 1.29 is 10.2 Å². The molecule has 0 saturated carbocycles. The maximum absolute atomic E-state index is 9.68. The molecule has 3 nitrogen and oxygen atoms in total. The lowest BCUT2D eigenvalue weighted by atomic mass is 10.1. The second kappa shape index (κ2) is 5.19. The van der Waals surface area contributed by atoms with E-state index >= 15 is 0 Å². The Bertz CT molecular complexity index is 570. The van der Waals surface area contributed by atoms with Gasteiger partial charge in [0, 0.05) is 22.8 Å². The summed E-state index contributed by atoms with van der Waals surface area (Å²) in [6.07, 6.45) is 0. The molecule has 0 heterocycles. The normalized spacial score (nSPS) is 10.3. The van der Waals surface area contributed by atoms with E-state index in [2.05, 4.69) is 5.32 Å². The minimum absolute atomic E-state index is 0.0865. The molecule has 0 fully saturated rings. The fraction of sp³-hybridized carbons (Fsp3) is 0.143. The van der Waals surface area contributed by atoms with Crippen LogP contribution < -0.4 is 5.32 Å². The van der Waals surface area contributed by atoms with Crippen LogP contribution in [0.5, 0.6) is 11.5 Å². The van der Waals surface area contributed by atoms with Gasteiger partial charge < -0.3 is 15.5 Å². The Balaban J connectivity index is 2.14. The lowest BCUT2D eigenvalue weighted by Gasteiger charge is -2.11. The summed E-state index contributed by atoms with van der Waals surface area (Å²) in [7, 11) is 0. The number of halogens is 1. The number of para-hydroxylation sites is 1. The number of phenols is 2. The summed E-state index contributed by atoms with van der Waals surface area (Å²) in [5.74, 6) is -0.196. The Morgan fingerprint density at radius 2 is 1.94 bits per heavy atom. The lowest BCUT2D eigenvalue weighted by Crippen LogP contribution is -2.01. The molecular formula is C14H14ClNO2. The molecule has 18 heavy (non-hydrogen) atoms. The molecule has 2 aromatic carbocycles. The smallest absolute Gasteiger partial charge is 0.162 e. The van der Waals surface area contributed by atoms with E-state index < -0.39 is 0 Å². The van der Waals surface area contributed by atoms with Gasteiger partial charge in [-0.3, -0.25) is 0 Å². The number of phenolic OH excluding ortho intramolecular Hbond substituents is 2. The fourth-order valence-electron chi connectivity index (χ4n) is 1.74. The predicted octanol–water partition coefficient (Wildman–Crippen LogP) is 3.67. The topological polar surface area (TPSA) is 52.5 Å².